The van der Waals surface area contributed by atoms with E-state index in [-0.39, 0.29) is 12.0 Å². The zero-order valence-electron chi connectivity index (χ0n) is 14.8. The first-order chi connectivity index (χ1) is 10.4. The minimum Gasteiger partial charge on any atom is -0.493 e. The lowest BCUT2D eigenvalue weighted by atomic mass is 10.1. The van der Waals surface area contributed by atoms with Gasteiger partial charge in [-0.15, -0.1) is 0 Å². The first kappa shape index (κ1) is 18.8. The van der Waals surface area contributed by atoms with Gasteiger partial charge in [-0.05, 0) is 29.5 Å². The highest BCUT2D eigenvalue weighted by Crippen LogP contribution is 2.28. The molecule has 0 radical (unpaired) electrons. The SMILES string of the molecule is COc1ccc(CN(CC(C)C)CC(O)C(C)C)cc1OC. The summed E-state index contributed by atoms with van der Waals surface area (Å²) >= 11 is 0. The highest BCUT2D eigenvalue weighted by atomic mass is 16.5. The van der Waals surface area contributed by atoms with Crippen LogP contribution in [0.4, 0.5) is 0 Å². The van der Waals surface area contributed by atoms with Crippen LogP contribution in [-0.4, -0.2) is 43.4 Å². The van der Waals surface area contributed by atoms with Gasteiger partial charge < -0.3 is 14.6 Å². The second kappa shape index (κ2) is 9.01. The second-order valence-electron chi connectivity index (χ2n) is 6.59. The van der Waals surface area contributed by atoms with Gasteiger partial charge in [-0.1, -0.05) is 33.8 Å². The number of nitrogens with zero attached hydrogens (tertiary/aromatic N) is 1. The summed E-state index contributed by atoms with van der Waals surface area (Å²) in [6.45, 7) is 10.9. The minimum absolute atomic E-state index is 0.264. The lowest BCUT2D eigenvalue weighted by molar-refractivity contribution is 0.0682. The van der Waals surface area contributed by atoms with Crippen LogP contribution in [-0.2, 0) is 6.54 Å². The predicted molar refractivity (Wildman–Crippen MR) is 90.5 cm³/mol. The average molecular weight is 309 g/mol. The molecular weight excluding hydrogens is 278 g/mol. The molecule has 0 fully saturated rings. The van der Waals surface area contributed by atoms with Gasteiger partial charge >= 0.3 is 0 Å². The van der Waals surface area contributed by atoms with Crippen LogP contribution >= 0.6 is 0 Å². The number of rotatable bonds is 9. The summed E-state index contributed by atoms with van der Waals surface area (Å²) in [6.07, 6.45) is -0.307. The molecule has 1 N–H and O–H groups in total. The van der Waals surface area contributed by atoms with Crippen molar-refractivity contribution in [2.75, 3.05) is 27.3 Å². The summed E-state index contributed by atoms with van der Waals surface area (Å²) in [5.74, 6) is 2.30. The first-order valence-corrected chi connectivity index (χ1v) is 7.98. The van der Waals surface area contributed by atoms with E-state index >= 15 is 0 Å². The Morgan fingerprint density at radius 2 is 1.64 bits per heavy atom. The normalized spacial score (nSPS) is 13.0. The van der Waals surface area contributed by atoms with Crippen molar-refractivity contribution in [3.05, 3.63) is 23.8 Å². The molecule has 126 valence electrons. The maximum atomic E-state index is 10.2. The Bertz CT molecular complexity index is 446. The van der Waals surface area contributed by atoms with E-state index < -0.39 is 0 Å². The van der Waals surface area contributed by atoms with Gasteiger partial charge in [0.05, 0.1) is 20.3 Å². The van der Waals surface area contributed by atoms with E-state index in [1.54, 1.807) is 14.2 Å². The maximum absolute atomic E-state index is 10.2. The van der Waals surface area contributed by atoms with Gasteiger partial charge in [-0.3, -0.25) is 4.90 Å². The van der Waals surface area contributed by atoms with Crippen LogP contribution in [0.3, 0.4) is 0 Å². The van der Waals surface area contributed by atoms with Crippen molar-refractivity contribution >= 4 is 0 Å². The third-order valence-electron chi connectivity index (χ3n) is 3.69. The molecule has 0 aromatic heterocycles. The number of benzene rings is 1. The maximum Gasteiger partial charge on any atom is 0.161 e. The minimum atomic E-state index is -0.307. The summed E-state index contributed by atoms with van der Waals surface area (Å²) in [6, 6.07) is 5.99. The molecule has 1 atom stereocenters. The van der Waals surface area contributed by atoms with E-state index in [2.05, 4.69) is 38.7 Å². The lowest BCUT2D eigenvalue weighted by Crippen LogP contribution is -2.36. The highest BCUT2D eigenvalue weighted by Gasteiger charge is 2.17. The lowest BCUT2D eigenvalue weighted by Gasteiger charge is -2.28. The molecule has 0 aliphatic carbocycles. The molecular formula is C18H31NO3. The Hall–Kier alpha value is -1.26. The van der Waals surface area contributed by atoms with Gasteiger partial charge in [0.25, 0.3) is 0 Å². The number of hydrogen-bond donors (Lipinski definition) is 1. The zero-order valence-corrected chi connectivity index (χ0v) is 14.8. The highest BCUT2D eigenvalue weighted by molar-refractivity contribution is 5.42. The molecule has 0 amide bonds. The topological polar surface area (TPSA) is 41.9 Å². The summed E-state index contributed by atoms with van der Waals surface area (Å²) in [7, 11) is 3.29. The van der Waals surface area contributed by atoms with Crippen molar-refractivity contribution in [2.45, 2.75) is 40.3 Å². The Kier molecular flexibility index (Phi) is 7.69. The quantitative estimate of drug-likeness (QED) is 0.761. The number of aliphatic hydroxyl groups is 1. The van der Waals surface area contributed by atoms with Crippen molar-refractivity contribution in [3.63, 3.8) is 0 Å². The van der Waals surface area contributed by atoms with Crippen molar-refractivity contribution in [1.29, 1.82) is 0 Å². The molecule has 4 heteroatoms. The summed E-state index contributed by atoms with van der Waals surface area (Å²) in [5, 5.41) is 10.2. The van der Waals surface area contributed by atoms with Crippen LogP contribution in [0.2, 0.25) is 0 Å². The molecule has 22 heavy (non-hydrogen) atoms. The fraction of sp³-hybridized carbons (Fsp3) is 0.667. The van der Waals surface area contributed by atoms with E-state index in [1.165, 1.54) is 0 Å². The van der Waals surface area contributed by atoms with E-state index in [0.29, 0.717) is 12.5 Å². The molecule has 0 saturated carbocycles. The number of ether oxygens (including phenoxy) is 2. The Balaban J connectivity index is 2.84. The van der Waals surface area contributed by atoms with Crippen LogP contribution in [0.15, 0.2) is 18.2 Å². The molecule has 0 bridgehead atoms. The molecule has 1 aromatic carbocycles. The molecule has 0 heterocycles. The predicted octanol–water partition coefficient (Wildman–Crippen LogP) is 3.18. The van der Waals surface area contributed by atoms with Gasteiger partial charge in [-0.25, -0.2) is 0 Å². The first-order valence-electron chi connectivity index (χ1n) is 7.98. The largest absolute Gasteiger partial charge is 0.493 e. The Morgan fingerprint density at radius 1 is 1.00 bits per heavy atom. The number of methoxy groups -OCH3 is 2. The van der Waals surface area contributed by atoms with E-state index in [0.717, 1.165) is 30.2 Å². The van der Waals surface area contributed by atoms with Gasteiger partial charge in [-0.2, -0.15) is 0 Å². The van der Waals surface area contributed by atoms with Crippen LogP contribution in [0, 0.1) is 11.8 Å². The molecule has 0 spiro atoms. The van der Waals surface area contributed by atoms with Gasteiger partial charge in [0.1, 0.15) is 0 Å². The van der Waals surface area contributed by atoms with E-state index in [4.69, 9.17) is 9.47 Å². The number of hydrogen-bond acceptors (Lipinski definition) is 4. The third kappa shape index (κ3) is 5.85. The van der Waals surface area contributed by atoms with E-state index in [9.17, 15) is 5.11 Å². The average Bonchev–Trinajstić information content (AvgIpc) is 2.46. The van der Waals surface area contributed by atoms with Crippen molar-refractivity contribution in [1.82, 2.24) is 4.90 Å². The smallest absolute Gasteiger partial charge is 0.161 e. The van der Waals surface area contributed by atoms with Gasteiger partial charge in [0, 0.05) is 19.6 Å². The Morgan fingerprint density at radius 3 is 2.14 bits per heavy atom. The monoisotopic (exact) mass is 309 g/mol. The molecule has 4 nitrogen and oxygen atoms in total. The zero-order chi connectivity index (χ0) is 16.7. The number of aliphatic hydroxyl groups excluding tert-OH is 1. The summed E-state index contributed by atoms with van der Waals surface area (Å²) in [5.41, 5.74) is 1.16. The van der Waals surface area contributed by atoms with E-state index in [1.807, 2.05) is 12.1 Å². The molecule has 0 saturated heterocycles. The summed E-state index contributed by atoms with van der Waals surface area (Å²) in [4.78, 5) is 2.30. The Labute approximate surface area is 135 Å². The van der Waals surface area contributed by atoms with Crippen LogP contribution < -0.4 is 9.47 Å². The standard InChI is InChI=1S/C18H31NO3/c1-13(2)10-19(12-16(20)14(3)4)11-15-7-8-17(21-5)18(9-15)22-6/h7-9,13-14,16,20H,10-12H2,1-6H3. The molecule has 0 aliphatic rings. The summed E-state index contributed by atoms with van der Waals surface area (Å²) < 4.78 is 10.6. The molecule has 1 rings (SSSR count). The van der Waals surface area contributed by atoms with Crippen LogP contribution in [0.25, 0.3) is 0 Å². The van der Waals surface area contributed by atoms with Gasteiger partial charge in [0.15, 0.2) is 11.5 Å². The van der Waals surface area contributed by atoms with Crippen LogP contribution in [0.5, 0.6) is 11.5 Å². The van der Waals surface area contributed by atoms with Crippen molar-refractivity contribution in [3.8, 4) is 11.5 Å². The van der Waals surface area contributed by atoms with Crippen molar-refractivity contribution < 1.29 is 14.6 Å². The molecule has 0 aliphatic heterocycles. The fourth-order valence-corrected chi connectivity index (χ4v) is 2.43. The molecule has 1 aromatic rings. The fourth-order valence-electron chi connectivity index (χ4n) is 2.43. The van der Waals surface area contributed by atoms with Gasteiger partial charge in [0.2, 0.25) is 0 Å². The second-order valence-corrected chi connectivity index (χ2v) is 6.59. The van der Waals surface area contributed by atoms with Crippen LogP contribution in [0.1, 0.15) is 33.3 Å². The van der Waals surface area contributed by atoms with Crippen molar-refractivity contribution in [2.24, 2.45) is 11.8 Å². The molecule has 1 unspecified atom stereocenters. The third-order valence-corrected chi connectivity index (χ3v) is 3.69.